The molecule has 0 aromatic heterocycles. The van der Waals surface area contributed by atoms with E-state index < -0.39 is 9.84 Å². The predicted octanol–water partition coefficient (Wildman–Crippen LogP) is 1.53. The van der Waals surface area contributed by atoms with Crippen molar-refractivity contribution < 1.29 is 13.2 Å². The van der Waals surface area contributed by atoms with Gasteiger partial charge >= 0.3 is 0 Å². The third kappa shape index (κ3) is 1.48. The maximum absolute atomic E-state index is 12.1. The number of fused-ring (bicyclic) bond motifs is 2. The third-order valence-corrected chi connectivity index (χ3v) is 6.70. The third-order valence-electron chi connectivity index (χ3n) is 4.83. The molecule has 4 heteroatoms. The second kappa shape index (κ2) is 3.36. The van der Waals surface area contributed by atoms with E-state index in [1.54, 1.807) is 0 Å². The number of sulfone groups is 1. The van der Waals surface area contributed by atoms with Gasteiger partial charge in [-0.1, -0.05) is 30.3 Å². The Balaban J connectivity index is 1.83. The summed E-state index contributed by atoms with van der Waals surface area (Å²) in [6.07, 6.45) is 2.43. The molecule has 1 saturated carbocycles. The molecule has 3 aliphatic rings. The average Bonchev–Trinajstić information content (AvgIpc) is 3.00. The van der Waals surface area contributed by atoms with Gasteiger partial charge in [-0.05, 0) is 24.3 Å². The molecule has 3 fully saturated rings. The quantitative estimate of drug-likeness (QED) is 0.723. The maximum Gasteiger partial charge on any atom is 0.151 e. The summed E-state index contributed by atoms with van der Waals surface area (Å²) in [6, 6.07) is 10.2. The lowest BCUT2D eigenvalue weighted by Crippen LogP contribution is -2.40. The second-order valence-corrected chi connectivity index (χ2v) is 8.04. The van der Waals surface area contributed by atoms with Gasteiger partial charge in [-0.25, -0.2) is 8.42 Å². The molecule has 3 nitrogen and oxygen atoms in total. The van der Waals surface area contributed by atoms with Crippen molar-refractivity contribution in [1.82, 2.24) is 0 Å². The van der Waals surface area contributed by atoms with E-state index in [-0.39, 0.29) is 11.3 Å². The summed E-state index contributed by atoms with van der Waals surface area (Å²) in [5.41, 5.74) is 1.00. The van der Waals surface area contributed by atoms with E-state index in [9.17, 15) is 8.42 Å². The molecule has 2 heterocycles. The summed E-state index contributed by atoms with van der Waals surface area (Å²) in [5, 5.41) is 0. The zero-order chi connectivity index (χ0) is 12.4. The summed E-state index contributed by atoms with van der Waals surface area (Å²) >= 11 is 0. The highest BCUT2D eigenvalue weighted by Crippen LogP contribution is 2.55. The Morgan fingerprint density at radius 2 is 1.94 bits per heavy atom. The molecule has 4 rings (SSSR count). The fraction of sp³-hybridized carbons (Fsp3) is 0.571. The van der Waals surface area contributed by atoms with E-state index in [1.807, 2.05) is 18.2 Å². The van der Waals surface area contributed by atoms with Gasteiger partial charge in [0, 0.05) is 5.41 Å². The number of hydrogen-bond acceptors (Lipinski definition) is 3. The maximum atomic E-state index is 12.1. The molecule has 1 aromatic carbocycles. The van der Waals surface area contributed by atoms with Gasteiger partial charge in [0.15, 0.2) is 9.84 Å². The molecule has 2 saturated heterocycles. The van der Waals surface area contributed by atoms with Crippen LogP contribution in [-0.4, -0.2) is 32.1 Å². The van der Waals surface area contributed by atoms with E-state index in [0.29, 0.717) is 23.7 Å². The highest BCUT2D eigenvalue weighted by molar-refractivity contribution is 7.91. The second-order valence-electron chi connectivity index (χ2n) is 5.93. The van der Waals surface area contributed by atoms with Crippen LogP contribution in [0.4, 0.5) is 0 Å². The highest BCUT2D eigenvalue weighted by atomic mass is 32.2. The monoisotopic (exact) mass is 264 g/mol. The fourth-order valence-electron chi connectivity index (χ4n) is 3.97. The van der Waals surface area contributed by atoms with Crippen LogP contribution in [0.15, 0.2) is 30.3 Å². The molecule has 0 bridgehead atoms. The van der Waals surface area contributed by atoms with Gasteiger partial charge in [0.25, 0.3) is 0 Å². The molecule has 4 atom stereocenters. The van der Waals surface area contributed by atoms with Crippen LogP contribution in [-0.2, 0) is 20.0 Å². The molecule has 0 spiro atoms. The topological polar surface area (TPSA) is 46.7 Å². The SMILES string of the molecule is O=S1(=O)C[C@@H]2CC3OC3C[C@]2(c2ccccc2)C1. The minimum absolute atomic E-state index is 0.183. The minimum atomic E-state index is -2.89. The first kappa shape index (κ1) is 11.0. The van der Waals surface area contributed by atoms with Gasteiger partial charge in [0.2, 0.25) is 0 Å². The van der Waals surface area contributed by atoms with Crippen LogP contribution >= 0.6 is 0 Å². The normalized spacial score (nSPS) is 44.1. The molecular weight excluding hydrogens is 248 g/mol. The minimum Gasteiger partial charge on any atom is -0.370 e. The Labute approximate surface area is 107 Å². The van der Waals surface area contributed by atoms with Gasteiger partial charge in [-0.3, -0.25) is 0 Å². The van der Waals surface area contributed by atoms with Crippen molar-refractivity contribution in [2.24, 2.45) is 5.92 Å². The van der Waals surface area contributed by atoms with Crippen LogP contribution in [0, 0.1) is 5.92 Å². The molecule has 18 heavy (non-hydrogen) atoms. The molecule has 96 valence electrons. The Morgan fingerprint density at radius 3 is 2.72 bits per heavy atom. The summed E-state index contributed by atoms with van der Waals surface area (Å²) in [4.78, 5) is 0. The van der Waals surface area contributed by atoms with Crippen LogP contribution in [0.2, 0.25) is 0 Å². The number of hydrogen-bond donors (Lipinski definition) is 0. The Bertz CT molecular complexity index is 580. The lowest BCUT2D eigenvalue weighted by molar-refractivity contribution is 0.271. The van der Waals surface area contributed by atoms with E-state index in [2.05, 4.69) is 12.1 Å². The summed E-state index contributed by atoms with van der Waals surface area (Å²) < 4.78 is 29.7. The van der Waals surface area contributed by atoms with Crippen LogP contribution in [0.3, 0.4) is 0 Å². The largest absolute Gasteiger partial charge is 0.370 e. The van der Waals surface area contributed by atoms with Crippen molar-refractivity contribution in [3.63, 3.8) is 0 Å². The zero-order valence-corrected chi connectivity index (χ0v) is 10.9. The Hall–Kier alpha value is -0.870. The standard InChI is InChI=1S/C14H16O3S/c15-18(16)8-11-6-12-13(17-12)7-14(11,9-18)10-4-2-1-3-5-10/h1-5,11-13H,6-9H2/t11-,12?,13?,14+/m0/s1. The van der Waals surface area contributed by atoms with Crippen LogP contribution in [0.25, 0.3) is 0 Å². The first-order chi connectivity index (χ1) is 8.59. The molecule has 1 aliphatic carbocycles. The van der Waals surface area contributed by atoms with Crippen molar-refractivity contribution in [3.05, 3.63) is 35.9 Å². The van der Waals surface area contributed by atoms with E-state index in [0.717, 1.165) is 12.8 Å². The van der Waals surface area contributed by atoms with Gasteiger partial charge in [0.1, 0.15) is 0 Å². The molecule has 0 radical (unpaired) electrons. The Morgan fingerprint density at radius 1 is 1.17 bits per heavy atom. The van der Waals surface area contributed by atoms with E-state index >= 15 is 0 Å². The molecule has 1 aromatic rings. The van der Waals surface area contributed by atoms with E-state index in [4.69, 9.17) is 4.74 Å². The number of benzene rings is 1. The van der Waals surface area contributed by atoms with Crippen LogP contribution in [0.5, 0.6) is 0 Å². The smallest absolute Gasteiger partial charge is 0.151 e. The van der Waals surface area contributed by atoms with Crippen molar-refractivity contribution in [3.8, 4) is 0 Å². The first-order valence-corrected chi connectivity index (χ1v) is 8.33. The number of rotatable bonds is 1. The van der Waals surface area contributed by atoms with Crippen LogP contribution in [0.1, 0.15) is 18.4 Å². The molecule has 2 unspecified atom stereocenters. The summed E-state index contributed by atoms with van der Waals surface area (Å²) in [5.74, 6) is 0.893. The average molecular weight is 264 g/mol. The zero-order valence-electron chi connectivity index (χ0n) is 10.1. The van der Waals surface area contributed by atoms with E-state index in [1.165, 1.54) is 5.56 Å². The molecular formula is C14H16O3S. The summed E-state index contributed by atoms with van der Waals surface area (Å²) in [7, 11) is -2.89. The van der Waals surface area contributed by atoms with Gasteiger partial charge in [-0.2, -0.15) is 0 Å². The number of epoxide rings is 1. The molecule has 2 aliphatic heterocycles. The number of ether oxygens (including phenoxy) is 1. The highest BCUT2D eigenvalue weighted by Gasteiger charge is 2.61. The Kier molecular flexibility index (Phi) is 2.06. The lowest BCUT2D eigenvalue weighted by atomic mass is 9.64. The first-order valence-electron chi connectivity index (χ1n) is 6.50. The van der Waals surface area contributed by atoms with Crippen LogP contribution < -0.4 is 0 Å². The van der Waals surface area contributed by atoms with Gasteiger partial charge in [-0.15, -0.1) is 0 Å². The van der Waals surface area contributed by atoms with Crippen molar-refractivity contribution in [1.29, 1.82) is 0 Å². The fourth-order valence-corrected chi connectivity index (χ4v) is 6.46. The van der Waals surface area contributed by atoms with Gasteiger partial charge < -0.3 is 4.74 Å². The predicted molar refractivity (Wildman–Crippen MR) is 68.2 cm³/mol. The molecule has 0 amide bonds. The molecule has 0 N–H and O–H groups in total. The van der Waals surface area contributed by atoms with Crippen molar-refractivity contribution in [2.45, 2.75) is 30.5 Å². The lowest BCUT2D eigenvalue weighted by Gasteiger charge is -2.36. The van der Waals surface area contributed by atoms with Crippen molar-refractivity contribution in [2.75, 3.05) is 11.5 Å². The van der Waals surface area contributed by atoms with Gasteiger partial charge in [0.05, 0.1) is 23.7 Å². The van der Waals surface area contributed by atoms with Crippen molar-refractivity contribution >= 4 is 9.84 Å². The summed E-state index contributed by atoms with van der Waals surface area (Å²) in [6.45, 7) is 0.